The third-order valence-electron chi connectivity index (χ3n) is 3.22. The van der Waals surface area contributed by atoms with E-state index in [0.29, 0.717) is 0 Å². The van der Waals surface area contributed by atoms with Gasteiger partial charge in [0.15, 0.2) is 0 Å². The van der Waals surface area contributed by atoms with Crippen LogP contribution in [0.2, 0.25) is 0 Å². The summed E-state index contributed by atoms with van der Waals surface area (Å²) in [6.45, 7) is 0.225. The molecule has 1 heterocycles. The van der Waals surface area contributed by atoms with E-state index < -0.39 is 10.0 Å². The van der Waals surface area contributed by atoms with Crippen LogP contribution in [0.15, 0.2) is 71.9 Å². The number of benzene rings is 2. The highest BCUT2D eigenvalue weighted by Gasteiger charge is 2.13. The van der Waals surface area contributed by atoms with Crippen LogP contribution in [0.25, 0.3) is 10.8 Å². The molecule has 0 radical (unpaired) electrons. The Morgan fingerprint density at radius 2 is 1.73 bits per heavy atom. The van der Waals surface area contributed by atoms with Crippen molar-refractivity contribution in [2.24, 2.45) is 0 Å². The van der Waals surface area contributed by atoms with E-state index in [1.165, 1.54) is 0 Å². The molecule has 22 heavy (non-hydrogen) atoms. The maximum Gasteiger partial charge on any atom is 0.240 e. The molecule has 6 heteroatoms. The lowest BCUT2D eigenvalue weighted by molar-refractivity contribution is 0.581. The van der Waals surface area contributed by atoms with Crippen molar-refractivity contribution in [2.45, 2.75) is 11.4 Å². The van der Waals surface area contributed by atoms with E-state index in [0.717, 1.165) is 16.3 Å². The summed E-state index contributed by atoms with van der Waals surface area (Å²) in [7, 11) is -3.53. The average molecular weight is 335 g/mol. The molecule has 0 saturated carbocycles. The van der Waals surface area contributed by atoms with Crippen LogP contribution in [0, 0.1) is 0 Å². The van der Waals surface area contributed by atoms with Crippen molar-refractivity contribution in [3.63, 3.8) is 0 Å². The van der Waals surface area contributed by atoms with Crippen molar-refractivity contribution in [1.29, 1.82) is 0 Å². The van der Waals surface area contributed by atoms with Gasteiger partial charge in [-0.05, 0) is 34.5 Å². The van der Waals surface area contributed by atoms with Gasteiger partial charge in [-0.2, -0.15) is 0 Å². The maximum atomic E-state index is 12.3. The lowest BCUT2D eigenvalue weighted by Gasteiger charge is -2.07. The lowest BCUT2D eigenvalue weighted by Crippen LogP contribution is -2.23. The molecular formula is C16H15ClN2O2S. The lowest BCUT2D eigenvalue weighted by atomic mass is 10.1. The summed E-state index contributed by atoms with van der Waals surface area (Å²) in [4.78, 5) is 4.23. The second-order valence-corrected chi connectivity index (χ2v) is 6.46. The van der Waals surface area contributed by atoms with Crippen LogP contribution in [0.4, 0.5) is 0 Å². The summed E-state index contributed by atoms with van der Waals surface area (Å²) in [5.74, 6) is 0. The van der Waals surface area contributed by atoms with Gasteiger partial charge in [0, 0.05) is 18.9 Å². The quantitative estimate of drug-likeness (QED) is 0.797. The van der Waals surface area contributed by atoms with Crippen LogP contribution in [-0.2, 0) is 16.6 Å². The molecule has 0 saturated heterocycles. The van der Waals surface area contributed by atoms with Gasteiger partial charge in [-0.25, -0.2) is 13.1 Å². The highest BCUT2D eigenvalue weighted by molar-refractivity contribution is 7.89. The Balaban J connectivity index is 0.00000176. The smallest absolute Gasteiger partial charge is 0.240 e. The number of pyridine rings is 1. The Morgan fingerprint density at radius 3 is 2.45 bits per heavy atom. The molecule has 0 unspecified atom stereocenters. The first kappa shape index (κ1) is 16.4. The molecule has 0 bridgehead atoms. The summed E-state index contributed by atoms with van der Waals surface area (Å²) >= 11 is 0. The summed E-state index contributed by atoms with van der Waals surface area (Å²) in [5, 5.41) is 1.92. The SMILES string of the molecule is Cl.O=S(=O)(NCc1cccnc1)c1ccc2ccccc2c1. The zero-order valence-corrected chi connectivity index (χ0v) is 13.3. The van der Waals surface area contributed by atoms with E-state index in [2.05, 4.69) is 9.71 Å². The second-order valence-electron chi connectivity index (χ2n) is 4.69. The van der Waals surface area contributed by atoms with Gasteiger partial charge in [-0.3, -0.25) is 4.98 Å². The predicted octanol–water partition coefficient (Wildman–Crippen LogP) is 3.14. The van der Waals surface area contributed by atoms with Crippen molar-refractivity contribution >= 4 is 33.2 Å². The van der Waals surface area contributed by atoms with E-state index in [-0.39, 0.29) is 23.8 Å². The first-order valence-electron chi connectivity index (χ1n) is 6.52. The number of nitrogens with zero attached hydrogens (tertiary/aromatic N) is 1. The average Bonchev–Trinajstić information content (AvgIpc) is 2.53. The fraction of sp³-hybridized carbons (Fsp3) is 0.0625. The Bertz CT molecular complexity index is 867. The van der Waals surface area contributed by atoms with Crippen LogP contribution < -0.4 is 4.72 Å². The molecule has 0 aliphatic carbocycles. The number of rotatable bonds is 4. The molecule has 0 aliphatic heterocycles. The molecule has 0 atom stereocenters. The third kappa shape index (κ3) is 3.62. The molecule has 4 nitrogen and oxygen atoms in total. The Morgan fingerprint density at radius 1 is 0.955 bits per heavy atom. The zero-order valence-electron chi connectivity index (χ0n) is 11.6. The van der Waals surface area contributed by atoms with Gasteiger partial charge in [0.1, 0.15) is 0 Å². The standard InChI is InChI=1S/C16H14N2O2S.ClH/c19-21(20,18-12-13-4-3-9-17-11-13)16-8-7-14-5-1-2-6-15(14)10-16;/h1-11,18H,12H2;1H. The van der Waals surface area contributed by atoms with Gasteiger partial charge in [-0.1, -0.05) is 36.4 Å². The number of fused-ring (bicyclic) bond motifs is 1. The molecule has 114 valence electrons. The highest BCUT2D eigenvalue weighted by Crippen LogP contribution is 2.18. The van der Waals surface area contributed by atoms with Crippen LogP contribution in [-0.4, -0.2) is 13.4 Å². The molecule has 3 rings (SSSR count). The minimum Gasteiger partial charge on any atom is -0.264 e. The Hall–Kier alpha value is -1.95. The van der Waals surface area contributed by atoms with E-state index in [4.69, 9.17) is 0 Å². The molecule has 1 aromatic heterocycles. The number of sulfonamides is 1. The van der Waals surface area contributed by atoms with E-state index in [1.807, 2.05) is 36.4 Å². The van der Waals surface area contributed by atoms with Crippen molar-refractivity contribution < 1.29 is 8.42 Å². The molecule has 1 N–H and O–H groups in total. The molecule has 0 aliphatic rings. The fourth-order valence-electron chi connectivity index (χ4n) is 2.10. The zero-order chi connectivity index (χ0) is 14.7. The van der Waals surface area contributed by atoms with Gasteiger partial charge in [0.25, 0.3) is 0 Å². The third-order valence-corrected chi connectivity index (χ3v) is 4.62. The van der Waals surface area contributed by atoms with E-state index >= 15 is 0 Å². The van der Waals surface area contributed by atoms with Crippen molar-refractivity contribution in [3.05, 3.63) is 72.6 Å². The number of hydrogen-bond acceptors (Lipinski definition) is 3. The van der Waals surface area contributed by atoms with Gasteiger partial charge in [-0.15, -0.1) is 12.4 Å². The number of aromatic nitrogens is 1. The van der Waals surface area contributed by atoms with Gasteiger partial charge in [0.2, 0.25) is 10.0 Å². The molecular weight excluding hydrogens is 320 g/mol. The largest absolute Gasteiger partial charge is 0.264 e. The van der Waals surface area contributed by atoms with Crippen molar-refractivity contribution in [1.82, 2.24) is 9.71 Å². The van der Waals surface area contributed by atoms with Gasteiger partial charge in [0.05, 0.1) is 4.90 Å². The molecule has 0 fully saturated rings. The number of halogens is 1. The summed E-state index contributed by atoms with van der Waals surface area (Å²) in [6.07, 6.45) is 3.30. The van der Waals surface area contributed by atoms with Crippen molar-refractivity contribution in [2.75, 3.05) is 0 Å². The Kier molecular flexibility index (Phi) is 5.13. The van der Waals surface area contributed by atoms with Crippen LogP contribution in [0.3, 0.4) is 0 Å². The Labute approximate surface area is 135 Å². The molecule has 0 amide bonds. The van der Waals surface area contributed by atoms with E-state index in [1.54, 1.807) is 30.6 Å². The van der Waals surface area contributed by atoms with Crippen LogP contribution >= 0.6 is 12.4 Å². The first-order chi connectivity index (χ1) is 10.1. The summed E-state index contributed by atoms with van der Waals surface area (Å²) in [5.41, 5.74) is 0.821. The van der Waals surface area contributed by atoms with Gasteiger partial charge >= 0.3 is 0 Å². The minimum absolute atomic E-state index is 0. The number of nitrogens with one attached hydrogen (secondary N) is 1. The maximum absolute atomic E-state index is 12.3. The van der Waals surface area contributed by atoms with Gasteiger partial charge < -0.3 is 0 Å². The summed E-state index contributed by atoms with van der Waals surface area (Å²) < 4.78 is 27.2. The fourth-order valence-corrected chi connectivity index (χ4v) is 3.15. The van der Waals surface area contributed by atoms with Crippen molar-refractivity contribution in [3.8, 4) is 0 Å². The second kappa shape index (κ2) is 6.87. The van der Waals surface area contributed by atoms with Crippen LogP contribution in [0.1, 0.15) is 5.56 Å². The van der Waals surface area contributed by atoms with E-state index in [9.17, 15) is 8.42 Å². The summed E-state index contributed by atoms with van der Waals surface area (Å²) in [6, 6.07) is 16.4. The first-order valence-corrected chi connectivity index (χ1v) is 8.01. The molecule has 2 aromatic carbocycles. The van der Waals surface area contributed by atoms with Crippen LogP contribution in [0.5, 0.6) is 0 Å². The molecule has 0 spiro atoms. The highest BCUT2D eigenvalue weighted by atomic mass is 35.5. The monoisotopic (exact) mass is 334 g/mol. The normalized spacial score (nSPS) is 11.1. The molecule has 3 aromatic rings. The topological polar surface area (TPSA) is 59.1 Å². The minimum atomic E-state index is -3.53. The number of hydrogen-bond donors (Lipinski definition) is 1. The predicted molar refractivity (Wildman–Crippen MR) is 89.5 cm³/mol.